The third-order valence-electron chi connectivity index (χ3n) is 4.33. The van der Waals surface area contributed by atoms with E-state index in [0.29, 0.717) is 24.4 Å². The van der Waals surface area contributed by atoms with Crippen molar-refractivity contribution >= 4 is 11.6 Å². The molecule has 110 valence electrons. The minimum Gasteiger partial charge on any atom is -0.382 e. The standard InChI is InChI=1S/C16H25N3O/c1-11-10-19(3)12(2)8-15(11)18-14-7-5-4-6-13(14)9-16(17)20/h4-7,11-12,15,18H,8-10H2,1-3H3,(H2,17,20). The molecule has 0 radical (unpaired) electrons. The second-order valence-electron chi connectivity index (χ2n) is 6.05. The van der Waals surface area contributed by atoms with Gasteiger partial charge in [-0.2, -0.15) is 0 Å². The highest BCUT2D eigenvalue weighted by atomic mass is 16.1. The monoisotopic (exact) mass is 275 g/mol. The van der Waals surface area contributed by atoms with Gasteiger partial charge in [0.15, 0.2) is 0 Å². The van der Waals surface area contributed by atoms with E-state index in [1.807, 2.05) is 24.3 Å². The molecule has 0 aromatic heterocycles. The molecular weight excluding hydrogens is 250 g/mol. The molecule has 1 fully saturated rings. The highest BCUT2D eigenvalue weighted by Gasteiger charge is 2.29. The number of benzene rings is 1. The Balaban J connectivity index is 2.11. The predicted molar refractivity (Wildman–Crippen MR) is 82.6 cm³/mol. The fourth-order valence-electron chi connectivity index (χ4n) is 2.95. The molecule has 1 saturated heterocycles. The number of nitrogens with two attached hydrogens (primary N) is 1. The van der Waals surface area contributed by atoms with Gasteiger partial charge in [-0.1, -0.05) is 25.1 Å². The zero-order chi connectivity index (χ0) is 14.7. The van der Waals surface area contributed by atoms with Gasteiger partial charge in [-0.15, -0.1) is 0 Å². The Kier molecular flexibility index (Phi) is 4.65. The van der Waals surface area contributed by atoms with Crippen LogP contribution in [0.4, 0.5) is 5.69 Å². The molecule has 1 amide bonds. The van der Waals surface area contributed by atoms with Crippen LogP contribution in [0.25, 0.3) is 0 Å². The number of para-hydroxylation sites is 1. The van der Waals surface area contributed by atoms with E-state index < -0.39 is 0 Å². The Hall–Kier alpha value is -1.55. The average molecular weight is 275 g/mol. The van der Waals surface area contributed by atoms with E-state index in [9.17, 15) is 4.79 Å². The van der Waals surface area contributed by atoms with Crippen LogP contribution < -0.4 is 11.1 Å². The first-order valence-electron chi connectivity index (χ1n) is 7.30. The van der Waals surface area contributed by atoms with Crippen molar-refractivity contribution in [2.24, 2.45) is 11.7 Å². The summed E-state index contributed by atoms with van der Waals surface area (Å²) in [5, 5.41) is 3.62. The summed E-state index contributed by atoms with van der Waals surface area (Å²) in [5.41, 5.74) is 7.35. The molecule has 1 aromatic carbocycles. The van der Waals surface area contributed by atoms with Crippen molar-refractivity contribution in [3.05, 3.63) is 29.8 Å². The van der Waals surface area contributed by atoms with E-state index in [4.69, 9.17) is 5.73 Å². The highest BCUT2D eigenvalue weighted by molar-refractivity contribution is 5.78. The molecule has 1 aromatic rings. The van der Waals surface area contributed by atoms with Crippen LogP contribution in [0.5, 0.6) is 0 Å². The maximum atomic E-state index is 11.2. The van der Waals surface area contributed by atoms with Crippen LogP contribution in [0, 0.1) is 5.92 Å². The molecule has 0 saturated carbocycles. The largest absolute Gasteiger partial charge is 0.382 e. The summed E-state index contributed by atoms with van der Waals surface area (Å²) in [4.78, 5) is 13.6. The number of carbonyl (C=O) groups is 1. The van der Waals surface area contributed by atoms with Crippen LogP contribution in [-0.2, 0) is 11.2 Å². The van der Waals surface area contributed by atoms with Crippen LogP contribution in [0.15, 0.2) is 24.3 Å². The Bertz CT molecular complexity index is 475. The molecule has 1 aliphatic heterocycles. The van der Waals surface area contributed by atoms with E-state index in [0.717, 1.165) is 24.2 Å². The quantitative estimate of drug-likeness (QED) is 0.881. The Morgan fingerprint density at radius 2 is 2.10 bits per heavy atom. The number of hydrogen-bond donors (Lipinski definition) is 2. The number of rotatable bonds is 4. The normalized spacial score (nSPS) is 27.2. The first-order valence-corrected chi connectivity index (χ1v) is 7.30. The molecule has 1 aliphatic rings. The Morgan fingerprint density at radius 3 is 2.80 bits per heavy atom. The molecule has 3 atom stereocenters. The fraction of sp³-hybridized carbons (Fsp3) is 0.562. The molecule has 20 heavy (non-hydrogen) atoms. The second-order valence-corrected chi connectivity index (χ2v) is 6.05. The summed E-state index contributed by atoms with van der Waals surface area (Å²) < 4.78 is 0. The van der Waals surface area contributed by atoms with Gasteiger partial charge in [-0.25, -0.2) is 0 Å². The number of likely N-dealkylation sites (tertiary alicyclic amines) is 1. The highest BCUT2D eigenvalue weighted by Crippen LogP contribution is 2.26. The smallest absolute Gasteiger partial charge is 0.221 e. The number of anilines is 1. The lowest BCUT2D eigenvalue weighted by atomic mass is 9.89. The van der Waals surface area contributed by atoms with Crippen molar-refractivity contribution in [2.45, 2.75) is 38.8 Å². The summed E-state index contributed by atoms with van der Waals surface area (Å²) in [5.74, 6) is 0.293. The molecular formula is C16H25N3O. The van der Waals surface area contributed by atoms with E-state index in [2.05, 4.69) is 31.1 Å². The van der Waals surface area contributed by atoms with Crippen LogP contribution in [0.3, 0.4) is 0 Å². The van der Waals surface area contributed by atoms with E-state index in [1.165, 1.54) is 0 Å². The van der Waals surface area contributed by atoms with Crippen molar-refractivity contribution in [2.75, 3.05) is 18.9 Å². The van der Waals surface area contributed by atoms with E-state index in [1.54, 1.807) is 0 Å². The average Bonchev–Trinajstić information content (AvgIpc) is 2.37. The Labute approximate surface area is 121 Å². The zero-order valence-electron chi connectivity index (χ0n) is 12.6. The number of amides is 1. The maximum absolute atomic E-state index is 11.2. The van der Waals surface area contributed by atoms with Gasteiger partial charge in [-0.3, -0.25) is 4.79 Å². The molecule has 0 aliphatic carbocycles. The number of nitrogens with one attached hydrogen (secondary N) is 1. The summed E-state index contributed by atoms with van der Waals surface area (Å²) in [7, 11) is 2.18. The van der Waals surface area contributed by atoms with Crippen molar-refractivity contribution in [3.63, 3.8) is 0 Å². The number of primary amides is 1. The lowest BCUT2D eigenvalue weighted by Gasteiger charge is -2.40. The summed E-state index contributed by atoms with van der Waals surface area (Å²) >= 11 is 0. The SMILES string of the molecule is CC1CN(C)C(C)CC1Nc1ccccc1CC(N)=O. The van der Waals surface area contributed by atoms with Gasteiger partial charge in [0.25, 0.3) is 0 Å². The second kappa shape index (κ2) is 6.27. The van der Waals surface area contributed by atoms with Crippen molar-refractivity contribution < 1.29 is 4.79 Å². The van der Waals surface area contributed by atoms with Crippen LogP contribution >= 0.6 is 0 Å². The van der Waals surface area contributed by atoms with Gasteiger partial charge < -0.3 is 16.0 Å². The van der Waals surface area contributed by atoms with Crippen molar-refractivity contribution in [1.29, 1.82) is 0 Å². The lowest BCUT2D eigenvalue weighted by molar-refractivity contribution is -0.117. The maximum Gasteiger partial charge on any atom is 0.221 e. The van der Waals surface area contributed by atoms with Gasteiger partial charge in [0, 0.05) is 24.3 Å². The summed E-state index contributed by atoms with van der Waals surface area (Å²) in [6.07, 6.45) is 1.41. The lowest BCUT2D eigenvalue weighted by Crippen LogP contribution is -2.48. The molecule has 4 nitrogen and oxygen atoms in total. The minimum atomic E-state index is -0.288. The predicted octanol–water partition coefficient (Wildman–Crippen LogP) is 1.85. The summed E-state index contributed by atoms with van der Waals surface area (Å²) in [6, 6.07) is 8.96. The van der Waals surface area contributed by atoms with Crippen LogP contribution in [0.2, 0.25) is 0 Å². The topological polar surface area (TPSA) is 58.4 Å². The Morgan fingerprint density at radius 1 is 1.40 bits per heavy atom. The van der Waals surface area contributed by atoms with E-state index in [-0.39, 0.29) is 5.91 Å². The first kappa shape index (κ1) is 14.9. The third kappa shape index (κ3) is 3.51. The molecule has 3 unspecified atom stereocenters. The van der Waals surface area contributed by atoms with Crippen molar-refractivity contribution in [1.82, 2.24) is 4.90 Å². The zero-order valence-corrected chi connectivity index (χ0v) is 12.6. The van der Waals surface area contributed by atoms with Crippen LogP contribution in [-0.4, -0.2) is 36.5 Å². The molecule has 0 spiro atoms. The number of nitrogens with zero attached hydrogens (tertiary/aromatic N) is 1. The minimum absolute atomic E-state index is 0.288. The molecule has 1 heterocycles. The number of carbonyl (C=O) groups excluding carboxylic acids is 1. The van der Waals surface area contributed by atoms with E-state index >= 15 is 0 Å². The molecule has 4 heteroatoms. The number of piperidine rings is 1. The van der Waals surface area contributed by atoms with Gasteiger partial charge in [-0.05, 0) is 37.9 Å². The molecule has 3 N–H and O–H groups in total. The molecule has 0 bridgehead atoms. The fourth-order valence-corrected chi connectivity index (χ4v) is 2.95. The van der Waals surface area contributed by atoms with Crippen molar-refractivity contribution in [3.8, 4) is 0 Å². The molecule has 2 rings (SSSR count). The van der Waals surface area contributed by atoms with Gasteiger partial charge in [0.2, 0.25) is 5.91 Å². The van der Waals surface area contributed by atoms with Gasteiger partial charge >= 0.3 is 0 Å². The van der Waals surface area contributed by atoms with Gasteiger partial charge in [0.05, 0.1) is 6.42 Å². The van der Waals surface area contributed by atoms with Gasteiger partial charge in [0.1, 0.15) is 0 Å². The number of hydrogen-bond acceptors (Lipinski definition) is 3. The first-order chi connectivity index (χ1) is 9.47. The van der Waals surface area contributed by atoms with Crippen LogP contribution in [0.1, 0.15) is 25.8 Å². The summed E-state index contributed by atoms with van der Waals surface area (Å²) in [6.45, 7) is 5.63. The third-order valence-corrected chi connectivity index (χ3v) is 4.33.